The van der Waals surface area contributed by atoms with E-state index in [1.807, 2.05) is 6.08 Å². The molecule has 1 unspecified atom stereocenters. The minimum atomic E-state index is -0.153. The number of benzene rings is 1. The Morgan fingerprint density at radius 1 is 1.55 bits per heavy atom. The highest BCUT2D eigenvalue weighted by Crippen LogP contribution is 2.29. The third-order valence-electron chi connectivity index (χ3n) is 3.16. The topological polar surface area (TPSA) is 62.1 Å². The molecule has 0 saturated heterocycles. The summed E-state index contributed by atoms with van der Waals surface area (Å²) in [4.78, 5) is 11.6. The first-order valence-corrected chi connectivity index (χ1v) is 7.22. The van der Waals surface area contributed by atoms with Crippen molar-refractivity contribution in [1.82, 2.24) is 5.32 Å². The summed E-state index contributed by atoms with van der Waals surface area (Å²) in [6.07, 6.45) is 4.38. The van der Waals surface area contributed by atoms with Crippen LogP contribution in [0, 0.1) is 11.3 Å². The Hall–Kier alpha value is -1.80. The summed E-state index contributed by atoms with van der Waals surface area (Å²) in [7, 11) is 1.59. The number of allylic oxidation sites excluding steroid dienone is 1. The van der Waals surface area contributed by atoms with Crippen LogP contribution in [0.4, 0.5) is 0 Å². The van der Waals surface area contributed by atoms with E-state index in [2.05, 4.69) is 27.3 Å². The Morgan fingerprint density at radius 2 is 2.35 bits per heavy atom. The molecule has 0 saturated carbocycles. The monoisotopic (exact) mass is 334 g/mol. The molecule has 104 valence electrons. The van der Waals surface area contributed by atoms with E-state index in [0.717, 1.165) is 29.3 Å². The first-order chi connectivity index (χ1) is 9.63. The quantitative estimate of drug-likeness (QED) is 0.923. The van der Waals surface area contributed by atoms with Crippen LogP contribution in [-0.2, 0) is 0 Å². The fourth-order valence-electron chi connectivity index (χ4n) is 2.11. The van der Waals surface area contributed by atoms with E-state index in [-0.39, 0.29) is 12.0 Å². The largest absolute Gasteiger partial charge is 0.485 e. The molecule has 0 radical (unpaired) electrons. The zero-order chi connectivity index (χ0) is 14.5. The molecule has 1 N–H and O–H groups in total. The number of halogens is 1. The Balaban J connectivity index is 2.21. The van der Waals surface area contributed by atoms with Crippen molar-refractivity contribution >= 4 is 21.8 Å². The van der Waals surface area contributed by atoms with E-state index in [1.54, 1.807) is 25.2 Å². The highest BCUT2D eigenvalue weighted by atomic mass is 79.9. The number of carbonyl (C=O) groups is 1. The fraction of sp³-hybridized carbons (Fsp3) is 0.333. The molecule has 5 heteroatoms. The summed E-state index contributed by atoms with van der Waals surface area (Å²) in [5.41, 5.74) is 1.31. The van der Waals surface area contributed by atoms with E-state index in [9.17, 15) is 4.79 Å². The highest BCUT2D eigenvalue weighted by Gasteiger charge is 2.17. The Bertz CT molecular complexity index is 590. The smallest absolute Gasteiger partial charge is 0.251 e. The predicted octanol–water partition coefficient (Wildman–Crippen LogP) is 3.19. The van der Waals surface area contributed by atoms with Gasteiger partial charge in [0.1, 0.15) is 11.9 Å². The minimum absolute atomic E-state index is 0.116. The van der Waals surface area contributed by atoms with Crippen LogP contribution in [0.2, 0.25) is 0 Å². The molecule has 1 aromatic rings. The Kier molecular flexibility index (Phi) is 4.80. The molecular weight excluding hydrogens is 320 g/mol. The number of nitriles is 1. The lowest BCUT2D eigenvalue weighted by Crippen LogP contribution is -2.20. The van der Waals surface area contributed by atoms with E-state index in [1.165, 1.54) is 0 Å². The van der Waals surface area contributed by atoms with Gasteiger partial charge in [0.05, 0.1) is 10.5 Å². The number of hydrogen-bond donors (Lipinski definition) is 1. The van der Waals surface area contributed by atoms with Crippen LogP contribution in [0.1, 0.15) is 29.6 Å². The number of nitrogens with one attached hydrogen (secondary N) is 1. The summed E-state index contributed by atoms with van der Waals surface area (Å²) in [5, 5.41) is 11.5. The summed E-state index contributed by atoms with van der Waals surface area (Å²) < 4.78 is 6.69. The first-order valence-electron chi connectivity index (χ1n) is 6.43. The molecule has 1 atom stereocenters. The summed E-state index contributed by atoms with van der Waals surface area (Å²) in [6.45, 7) is 0. The van der Waals surface area contributed by atoms with Crippen LogP contribution in [0.3, 0.4) is 0 Å². The van der Waals surface area contributed by atoms with Crippen LogP contribution in [0.5, 0.6) is 5.75 Å². The van der Waals surface area contributed by atoms with Gasteiger partial charge in [0, 0.05) is 18.2 Å². The normalized spacial score (nSPS) is 17.9. The van der Waals surface area contributed by atoms with E-state index in [4.69, 9.17) is 10.00 Å². The molecule has 4 nitrogen and oxygen atoms in total. The maximum Gasteiger partial charge on any atom is 0.251 e. The number of ether oxygens (including phenoxy) is 1. The molecule has 0 spiro atoms. The van der Waals surface area contributed by atoms with Gasteiger partial charge >= 0.3 is 0 Å². The zero-order valence-corrected chi connectivity index (χ0v) is 12.7. The lowest BCUT2D eigenvalue weighted by atomic mass is 9.98. The molecule has 0 fully saturated rings. The van der Waals surface area contributed by atoms with Gasteiger partial charge in [0.25, 0.3) is 5.91 Å². The zero-order valence-electron chi connectivity index (χ0n) is 11.1. The second-order valence-electron chi connectivity index (χ2n) is 4.58. The molecule has 0 aliphatic heterocycles. The standard InChI is InChI=1S/C15H15BrN2O2/c1-18-15(19)11-5-6-13(16)14(8-11)20-12-4-2-3-10(7-12)9-17/h5-8,12H,2-4H2,1H3,(H,18,19). The third-order valence-corrected chi connectivity index (χ3v) is 3.82. The molecule has 2 rings (SSSR count). The van der Waals surface area contributed by atoms with Gasteiger partial charge in [-0.1, -0.05) is 0 Å². The van der Waals surface area contributed by atoms with E-state index >= 15 is 0 Å². The van der Waals surface area contributed by atoms with Crippen LogP contribution in [0.25, 0.3) is 0 Å². The van der Waals surface area contributed by atoms with Gasteiger partial charge in [-0.25, -0.2) is 0 Å². The van der Waals surface area contributed by atoms with Crippen molar-refractivity contribution in [2.75, 3.05) is 7.05 Å². The van der Waals surface area contributed by atoms with Crippen molar-refractivity contribution in [3.05, 3.63) is 39.9 Å². The molecule has 1 aromatic carbocycles. The van der Waals surface area contributed by atoms with Gasteiger partial charge in [-0.05, 0) is 59.5 Å². The first kappa shape index (κ1) is 14.6. The second-order valence-corrected chi connectivity index (χ2v) is 5.43. The van der Waals surface area contributed by atoms with Gasteiger partial charge in [-0.2, -0.15) is 5.26 Å². The summed E-state index contributed by atoms with van der Waals surface area (Å²) >= 11 is 3.42. The van der Waals surface area contributed by atoms with Gasteiger partial charge in [0.15, 0.2) is 0 Å². The van der Waals surface area contributed by atoms with Crippen molar-refractivity contribution < 1.29 is 9.53 Å². The van der Waals surface area contributed by atoms with Crippen LogP contribution < -0.4 is 10.1 Å². The average Bonchev–Trinajstić information content (AvgIpc) is 2.49. The van der Waals surface area contributed by atoms with Crippen molar-refractivity contribution in [1.29, 1.82) is 5.26 Å². The summed E-state index contributed by atoms with van der Waals surface area (Å²) in [6, 6.07) is 7.40. The second kappa shape index (κ2) is 6.58. The highest BCUT2D eigenvalue weighted by molar-refractivity contribution is 9.10. The molecule has 0 bridgehead atoms. The van der Waals surface area contributed by atoms with E-state index in [0.29, 0.717) is 11.3 Å². The van der Waals surface area contributed by atoms with Gasteiger partial charge < -0.3 is 10.1 Å². The van der Waals surface area contributed by atoms with Gasteiger partial charge in [-0.3, -0.25) is 4.79 Å². The molecule has 1 amide bonds. The molecular formula is C15H15BrN2O2. The Morgan fingerprint density at radius 3 is 3.05 bits per heavy atom. The molecule has 1 aliphatic carbocycles. The predicted molar refractivity (Wildman–Crippen MR) is 79.5 cm³/mol. The lowest BCUT2D eigenvalue weighted by molar-refractivity contribution is 0.0962. The molecule has 0 heterocycles. The Labute approximate surface area is 126 Å². The fourth-order valence-corrected chi connectivity index (χ4v) is 2.45. The molecule has 20 heavy (non-hydrogen) atoms. The minimum Gasteiger partial charge on any atom is -0.485 e. The number of nitrogens with zero attached hydrogens (tertiary/aromatic N) is 1. The maximum absolute atomic E-state index is 11.6. The maximum atomic E-state index is 11.6. The van der Waals surface area contributed by atoms with Crippen LogP contribution in [-0.4, -0.2) is 19.1 Å². The van der Waals surface area contributed by atoms with Gasteiger partial charge in [-0.15, -0.1) is 0 Å². The van der Waals surface area contributed by atoms with Crippen LogP contribution in [0.15, 0.2) is 34.3 Å². The lowest BCUT2D eigenvalue weighted by Gasteiger charge is -2.21. The van der Waals surface area contributed by atoms with Crippen molar-refractivity contribution in [2.24, 2.45) is 0 Å². The molecule has 0 aromatic heterocycles. The van der Waals surface area contributed by atoms with Crippen LogP contribution >= 0.6 is 15.9 Å². The van der Waals surface area contributed by atoms with Gasteiger partial charge in [0.2, 0.25) is 0 Å². The SMILES string of the molecule is CNC(=O)c1ccc(Br)c(OC2C=C(C#N)CCC2)c1. The van der Waals surface area contributed by atoms with Crippen molar-refractivity contribution in [3.8, 4) is 11.8 Å². The number of amides is 1. The van der Waals surface area contributed by atoms with Crippen molar-refractivity contribution in [3.63, 3.8) is 0 Å². The number of hydrogen-bond acceptors (Lipinski definition) is 3. The number of rotatable bonds is 3. The van der Waals surface area contributed by atoms with E-state index < -0.39 is 0 Å². The number of carbonyl (C=O) groups excluding carboxylic acids is 1. The third kappa shape index (κ3) is 3.40. The average molecular weight is 335 g/mol. The molecule has 1 aliphatic rings. The van der Waals surface area contributed by atoms with Crippen molar-refractivity contribution in [2.45, 2.75) is 25.4 Å². The summed E-state index contributed by atoms with van der Waals surface area (Å²) in [5.74, 6) is 0.464.